The molecule has 33 heavy (non-hydrogen) atoms. The molecule has 12 nitrogen and oxygen atoms in total. The van der Waals surface area contributed by atoms with Crippen LogP contribution >= 0.6 is 0 Å². The number of ether oxygens (including phenoxy) is 3. The first-order valence-corrected chi connectivity index (χ1v) is 9.55. The van der Waals surface area contributed by atoms with E-state index in [-0.39, 0.29) is 18.0 Å². The number of non-ortho nitro benzene ring substituents is 1. The van der Waals surface area contributed by atoms with Crippen LogP contribution in [0.25, 0.3) is 0 Å². The van der Waals surface area contributed by atoms with Gasteiger partial charge in [-0.2, -0.15) is 0 Å². The molecule has 0 aliphatic rings. The molecule has 0 unspecified atom stereocenters. The van der Waals surface area contributed by atoms with E-state index in [1.165, 1.54) is 12.1 Å². The molecule has 0 saturated carbocycles. The third-order valence-corrected chi connectivity index (χ3v) is 4.11. The topological polar surface area (TPSA) is 163 Å². The minimum atomic E-state index is -1.37. The van der Waals surface area contributed by atoms with Gasteiger partial charge in [-0.05, 0) is 17.7 Å². The number of methoxy groups -OCH3 is 1. The predicted molar refractivity (Wildman–Crippen MR) is 112 cm³/mol. The minimum absolute atomic E-state index is 0.0357. The van der Waals surface area contributed by atoms with Crippen molar-refractivity contribution in [2.24, 2.45) is 0 Å². The van der Waals surface area contributed by atoms with Crippen LogP contribution < -0.4 is 15.4 Å². The first-order chi connectivity index (χ1) is 15.8. The summed E-state index contributed by atoms with van der Waals surface area (Å²) in [5.41, 5.74) is 0.537. The molecule has 0 heterocycles. The second-order valence-electron chi connectivity index (χ2n) is 6.48. The average molecular weight is 459 g/mol. The smallest absolute Gasteiger partial charge is 0.408 e. The van der Waals surface area contributed by atoms with E-state index in [4.69, 9.17) is 9.47 Å². The van der Waals surface area contributed by atoms with Gasteiger partial charge in [0.05, 0.1) is 18.5 Å². The molecular formula is C21H21N3O9. The van der Waals surface area contributed by atoms with Gasteiger partial charge in [-0.3, -0.25) is 19.7 Å². The molecule has 1 atom stereocenters. The number of benzene rings is 2. The van der Waals surface area contributed by atoms with Crippen LogP contribution in [0.3, 0.4) is 0 Å². The summed E-state index contributed by atoms with van der Waals surface area (Å²) in [6, 6.07) is 12.2. The number of nitrogens with one attached hydrogen (secondary N) is 2. The number of esters is 2. The van der Waals surface area contributed by atoms with Crippen LogP contribution in [-0.4, -0.2) is 48.6 Å². The van der Waals surface area contributed by atoms with E-state index in [2.05, 4.69) is 15.4 Å². The van der Waals surface area contributed by atoms with Crippen molar-refractivity contribution in [2.75, 3.05) is 13.7 Å². The minimum Gasteiger partial charge on any atom is -0.469 e. The summed E-state index contributed by atoms with van der Waals surface area (Å²) in [5, 5.41) is 15.1. The summed E-state index contributed by atoms with van der Waals surface area (Å²) in [7, 11) is 1.12. The van der Waals surface area contributed by atoms with Crippen LogP contribution in [0.15, 0.2) is 54.6 Å². The van der Waals surface area contributed by atoms with Gasteiger partial charge in [-0.15, -0.1) is 0 Å². The highest BCUT2D eigenvalue weighted by Crippen LogP contribution is 2.17. The van der Waals surface area contributed by atoms with Gasteiger partial charge in [0.15, 0.2) is 0 Å². The Morgan fingerprint density at radius 2 is 1.67 bits per heavy atom. The number of amides is 2. The molecular weight excluding hydrogens is 438 g/mol. The van der Waals surface area contributed by atoms with Gasteiger partial charge in [0.25, 0.3) is 5.69 Å². The number of carbonyl (C=O) groups is 4. The maximum absolute atomic E-state index is 12.4. The summed E-state index contributed by atoms with van der Waals surface area (Å²) in [6.45, 7) is -0.644. The molecule has 0 aromatic heterocycles. The number of rotatable bonds is 10. The Kier molecular flexibility index (Phi) is 9.31. The largest absolute Gasteiger partial charge is 0.469 e. The van der Waals surface area contributed by atoms with E-state index < -0.39 is 47.9 Å². The van der Waals surface area contributed by atoms with E-state index >= 15 is 0 Å². The number of nitrogens with zero attached hydrogens (tertiary/aromatic N) is 1. The van der Waals surface area contributed by atoms with Crippen LogP contribution in [-0.2, 0) is 30.5 Å². The Labute approximate surface area is 188 Å². The van der Waals surface area contributed by atoms with Gasteiger partial charge in [0.2, 0.25) is 5.91 Å². The van der Waals surface area contributed by atoms with E-state index in [1.54, 1.807) is 30.3 Å². The zero-order chi connectivity index (χ0) is 24.2. The number of hydrogen-bond donors (Lipinski definition) is 2. The third-order valence-electron chi connectivity index (χ3n) is 4.11. The lowest BCUT2D eigenvalue weighted by Crippen LogP contribution is -2.49. The number of nitro benzene ring substituents is 1. The van der Waals surface area contributed by atoms with Crippen molar-refractivity contribution in [1.82, 2.24) is 10.6 Å². The fraction of sp³-hybridized carbons (Fsp3) is 0.238. The number of carbonyl (C=O) groups excluding carboxylic acids is 4. The van der Waals surface area contributed by atoms with Crippen LogP contribution in [0.4, 0.5) is 10.5 Å². The van der Waals surface area contributed by atoms with Crippen LogP contribution in [0.1, 0.15) is 12.0 Å². The normalized spacial score (nSPS) is 10.9. The van der Waals surface area contributed by atoms with Crippen molar-refractivity contribution in [3.8, 4) is 5.75 Å². The van der Waals surface area contributed by atoms with Crippen molar-refractivity contribution in [2.45, 2.75) is 19.1 Å². The first kappa shape index (κ1) is 24.8. The highest BCUT2D eigenvalue weighted by Gasteiger charge is 2.25. The molecule has 0 saturated heterocycles. The number of nitro groups is 1. The number of hydrogen-bond acceptors (Lipinski definition) is 9. The Balaban J connectivity index is 1.88. The summed E-state index contributed by atoms with van der Waals surface area (Å²) in [6.07, 6.45) is -1.45. The summed E-state index contributed by atoms with van der Waals surface area (Å²) < 4.78 is 14.5. The van der Waals surface area contributed by atoms with Crippen molar-refractivity contribution in [1.29, 1.82) is 0 Å². The molecule has 0 spiro atoms. The van der Waals surface area contributed by atoms with E-state index in [0.29, 0.717) is 0 Å². The van der Waals surface area contributed by atoms with E-state index in [1.807, 2.05) is 0 Å². The fourth-order valence-corrected chi connectivity index (χ4v) is 2.45. The Morgan fingerprint density at radius 1 is 1.00 bits per heavy atom. The van der Waals surface area contributed by atoms with Crippen LogP contribution in [0, 0.1) is 10.1 Å². The van der Waals surface area contributed by atoms with Gasteiger partial charge < -0.3 is 24.8 Å². The summed E-state index contributed by atoms with van der Waals surface area (Å²) in [5.74, 6) is -2.46. The van der Waals surface area contributed by atoms with Crippen molar-refractivity contribution < 1.29 is 38.3 Å². The third kappa shape index (κ3) is 8.65. The maximum Gasteiger partial charge on any atom is 0.408 e. The second kappa shape index (κ2) is 12.4. The van der Waals surface area contributed by atoms with Gasteiger partial charge in [-0.1, -0.05) is 30.3 Å². The SMILES string of the molecule is COC(=O)C[C@H](NC(=O)OCc1ccccc1)C(=O)NCC(=O)Oc1ccc([N+](=O)[O-])cc1. The molecule has 2 N–H and O–H groups in total. The first-order valence-electron chi connectivity index (χ1n) is 9.55. The summed E-state index contributed by atoms with van der Waals surface area (Å²) >= 11 is 0. The van der Waals surface area contributed by atoms with Gasteiger partial charge in [0.1, 0.15) is 24.9 Å². The molecule has 2 amide bonds. The fourth-order valence-electron chi connectivity index (χ4n) is 2.45. The highest BCUT2D eigenvalue weighted by molar-refractivity contribution is 5.91. The highest BCUT2D eigenvalue weighted by atomic mass is 16.6. The second-order valence-corrected chi connectivity index (χ2v) is 6.48. The van der Waals surface area contributed by atoms with E-state index in [0.717, 1.165) is 24.8 Å². The molecule has 2 aromatic rings. The molecule has 12 heteroatoms. The van der Waals surface area contributed by atoms with E-state index in [9.17, 15) is 29.3 Å². The monoisotopic (exact) mass is 459 g/mol. The van der Waals surface area contributed by atoms with Crippen molar-refractivity contribution in [3.63, 3.8) is 0 Å². The summed E-state index contributed by atoms with van der Waals surface area (Å²) in [4.78, 5) is 58.0. The lowest BCUT2D eigenvalue weighted by atomic mass is 10.2. The standard InChI is InChI=1S/C21H21N3O9/c1-31-18(25)11-17(23-21(28)32-13-14-5-3-2-4-6-14)20(27)22-12-19(26)33-16-9-7-15(8-10-16)24(29)30/h2-10,17H,11-13H2,1H3,(H,22,27)(H,23,28)/t17-/m0/s1. The molecule has 0 aliphatic heterocycles. The Hall–Kier alpha value is -4.48. The molecule has 2 aromatic carbocycles. The van der Waals surface area contributed by atoms with Crippen LogP contribution in [0.5, 0.6) is 5.75 Å². The molecule has 0 bridgehead atoms. The van der Waals surface area contributed by atoms with Crippen LogP contribution in [0.2, 0.25) is 0 Å². The lowest BCUT2D eigenvalue weighted by Gasteiger charge is -2.17. The molecule has 2 rings (SSSR count). The molecule has 0 aliphatic carbocycles. The Bertz CT molecular complexity index is 994. The molecule has 0 fully saturated rings. The molecule has 0 radical (unpaired) electrons. The maximum atomic E-state index is 12.4. The Morgan fingerprint density at radius 3 is 2.27 bits per heavy atom. The lowest BCUT2D eigenvalue weighted by molar-refractivity contribution is -0.384. The predicted octanol–water partition coefficient (Wildman–Crippen LogP) is 1.47. The number of alkyl carbamates (subject to hydrolysis) is 1. The zero-order valence-corrected chi connectivity index (χ0v) is 17.5. The van der Waals surface area contributed by atoms with Gasteiger partial charge in [-0.25, -0.2) is 9.59 Å². The van der Waals surface area contributed by atoms with Crippen molar-refractivity contribution >= 4 is 29.6 Å². The zero-order valence-electron chi connectivity index (χ0n) is 17.5. The quantitative estimate of drug-likeness (QED) is 0.232. The van der Waals surface area contributed by atoms with Gasteiger partial charge >= 0.3 is 18.0 Å². The molecule has 174 valence electrons. The van der Waals surface area contributed by atoms with Crippen molar-refractivity contribution in [3.05, 3.63) is 70.3 Å². The average Bonchev–Trinajstić information content (AvgIpc) is 2.81. The van der Waals surface area contributed by atoms with Gasteiger partial charge in [0, 0.05) is 12.1 Å².